The first-order chi connectivity index (χ1) is 11.4. The van der Waals surface area contributed by atoms with E-state index in [1.165, 1.54) is 0 Å². The van der Waals surface area contributed by atoms with Crippen molar-refractivity contribution in [1.82, 2.24) is 14.7 Å². The molecule has 6 nitrogen and oxygen atoms in total. The van der Waals surface area contributed by atoms with Crippen LogP contribution in [0.25, 0.3) is 0 Å². The normalized spacial score (nSPS) is 18.0. The molecule has 1 aromatic heterocycles. The highest BCUT2D eigenvalue weighted by Gasteiger charge is 2.33. The lowest BCUT2D eigenvalue weighted by molar-refractivity contribution is -0.00319. The van der Waals surface area contributed by atoms with Crippen LogP contribution in [0.1, 0.15) is 38.9 Å². The average Bonchev–Trinajstić information content (AvgIpc) is 2.81. The van der Waals surface area contributed by atoms with Gasteiger partial charge >= 0.3 is 0 Å². The molecular weight excluding hydrogens is 306 g/mol. The molecule has 128 valence electrons. The van der Waals surface area contributed by atoms with Crippen LogP contribution in [0.4, 0.5) is 0 Å². The number of ether oxygens (including phenoxy) is 1. The first-order valence-electron chi connectivity index (χ1n) is 8.08. The van der Waals surface area contributed by atoms with Gasteiger partial charge in [0.15, 0.2) is 0 Å². The largest absolute Gasteiger partial charge is 0.507 e. The molecule has 1 aliphatic rings. The van der Waals surface area contributed by atoms with Gasteiger partial charge in [0.1, 0.15) is 5.75 Å². The Balaban J connectivity index is 2.01. The van der Waals surface area contributed by atoms with Crippen LogP contribution in [-0.2, 0) is 11.8 Å². The van der Waals surface area contributed by atoms with Crippen LogP contribution < -0.4 is 0 Å². The lowest BCUT2D eigenvalue weighted by Crippen LogP contribution is -2.43. The number of phenols is 1. The van der Waals surface area contributed by atoms with Crippen LogP contribution in [0, 0.1) is 20.8 Å². The minimum atomic E-state index is -0.195. The van der Waals surface area contributed by atoms with E-state index in [4.69, 9.17) is 4.74 Å². The molecule has 3 rings (SSSR count). The van der Waals surface area contributed by atoms with Gasteiger partial charge in [-0.2, -0.15) is 5.10 Å². The van der Waals surface area contributed by atoms with E-state index in [2.05, 4.69) is 5.10 Å². The molecule has 1 N–H and O–H groups in total. The number of amides is 1. The molecule has 1 saturated heterocycles. The summed E-state index contributed by atoms with van der Waals surface area (Å²) >= 11 is 0. The number of morpholine rings is 1. The minimum absolute atomic E-state index is 0.00970. The van der Waals surface area contributed by atoms with Crippen LogP contribution in [0.2, 0.25) is 0 Å². The summed E-state index contributed by atoms with van der Waals surface area (Å²) in [5, 5.41) is 14.6. The fourth-order valence-corrected chi connectivity index (χ4v) is 3.33. The maximum Gasteiger partial charge on any atom is 0.258 e. The summed E-state index contributed by atoms with van der Waals surface area (Å²) in [6.45, 7) is 7.27. The van der Waals surface area contributed by atoms with Gasteiger partial charge in [0.25, 0.3) is 5.91 Å². The second-order valence-electron chi connectivity index (χ2n) is 6.32. The Morgan fingerprint density at radius 2 is 2.08 bits per heavy atom. The number of aromatic nitrogens is 2. The molecule has 1 fully saturated rings. The van der Waals surface area contributed by atoms with Gasteiger partial charge in [-0.05, 0) is 32.9 Å². The van der Waals surface area contributed by atoms with Crippen molar-refractivity contribution in [3.8, 4) is 5.75 Å². The molecule has 1 amide bonds. The summed E-state index contributed by atoms with van der Waals surface area (Å²) in [5.41, 5.74) is 4.22. The van der Waals surface area contributed by atoms with E-state index in [-0.39, 0.29) is 17.7 Å². The lowest BCUT2D eigenvalue weighted by Gasteiger charge is -2.36. The van der Waals surface area contributed by atoms with E-state index in [0.29, 0.717) is 25.3 Å². The molecule has 0 saturated carbocycles. The summed E-state index contributed by atoms with van der Waals surface area (Å²) in [6, 6.07) is 4.89. The quantitative estimate of drug-likeness (QED) is 0.918. The fraction of sp³-hybridized carbons (Fsp3) is 0.444. The SMILES string of the molecule is Cc1ccc(O)c(C(=O)N2CCOCC2c2c(C)nn(C)c2C)c1. The van der Waals surface area contributed by atoms with Crippen molar-refractivity contribution in [2.75, 3.05) is 19.8 Å². The summed E-state index contributed by atoms with van der Waals surface area (Å²) in [4.78, 5) is 14.9. The maximum atomic E-state index is 13.1. The van der Waals surface area contributed by atoms with E-state index in [1.807, 2.05) is 32.5 Å². The van der Waals surface area contributed by atoms with Crippen molar-refractivity contribution in [2.45, 2.75) is 26.8 Å². The number of carbonyl (C=O) groups excluding carboxylic acids is 1. The summed E-state index contributed by atoms with van der Waals surface area (Å²) < 4.78 is 7.46. The Kier molecular flexibility index (Phi) is 4.32. The number of benzene rings is 1. The van der Waals surface area contributed by atoms with Gasteiger partial charge in [-0.25, -0.2) is 0 Å². The fourth-order valence-electron chi connectivity index (χ4n) is 3.33. The Bertz CT molecular complexity index is 782. The van der Waals surface area contributed by atoms with E-state index in [1.54, 1.807) is 23.1 Å². The number of aryl methyl sites for hydroxylation is 3. The zero-order valence-corrected chi connectivity index (χ0v) is 14.5. The Morgan fingerprint density at radius 1 is 1.33 bits per heavy atom. The maximum absolute atomic E-state index is 13.1. The van der Waals surface area contributed by atoms with Crippen molar-refractivity contribution >= 4 is 5.91 Å². The van der Waals surface area contributed by atoms with E-state index in [0.717, 1.165) is 22.5 Å². The Labute approximate surface area is 141 Å². The number of nitrogens with zero attached hydrogens (tertiary/aromatic N) is 3. The number of hydrogen-bond donors (Lipinski definition) is 1. The predicted octanol–water partition coefficient (Wildman–Crippen LogP) is 2.26. The molecule has 1 aromatic carbocycles. The molecular formula is C18H23N3O3. The second-order valence-corrected chi connectivity index (χ2v) is 6.32. The van der Waals surface area contributed by atoms with Crippen LogP contribution >= 0.6 is 0 Å². The number of hydrogen-bond acceptors (Lipinski definition) is 4. The van der Waals surface area contributed by atoms with E-state index in [9.17, 15) is 9.90 Å². The standard InChI is InChI=1S/C18H23N3O3/c1-11-5-6-16(22)14(9-11)18(23)21-7-8-24-10-15(21)17-12(2)19-20(4)13(17)3/h5-6,9,15,22H,7-8,10H2,1-4H3. The van der Waals surface area contributed by atoms with Crippen LogP contribution in [0.15, 0.2) is 18.2 Å². The number of aromatic hydroxyl groups is 1. The van der Waals surface area contributed by atoms with Gasteiger partial charge in [0, 0.05) is 24.8 Å². The minimum Gasteiger partial charge on any atom is -0.507 e. The van der Waals surface area contributed by atoms with Crippen molar-refractivity contribution < 1.29 is 14.6 Å². The van der Waals surface area contributed by atoms with Crippen molar-refractivity contribution in [3.63, 3.8) is 0 Å². The Morgan fingerprint density at radius 3 is 2.75 bits per heavy atom. The lowest BCUT2D eigenvalue weighted by atomic mass is 10.0. The smallest absolute Gasteiger partial charge is 0.258 e. The van der Waals surface area contributed by atoms with Crippen molar-refractivity contribution in [1.29, 1.82) is 0 Å². The second kappa shape index (κ2) is 6.28. The number of rotatable bonds is 2. The zero-order chi connectivity index (χ0) is 17.4. The van der Waals surface area contributed by atoms with Crippen molar-refractivity contribution in [3.05, 3.63) is 46.3 Å². The molecule has 6 heteroatoms. The molecule has 24 heavy (non-hydrogen) atoms. The first kappa shape index (κ1) is 16.5. The topological polar surface area (TPSA) is 67.6 Å². The highest BCUT2D eigenvalue weighted by atomic mass is 16.5. The number of carbonyl (C=O) groups is 1. The predicted molar refractivity (Wildman–Crippen MR) is 90.1 cm³/mol. The van der Waals surface area contributed by atoms with E-state index < -0.39 is 0 Å². The molecule has 1 atom stereocenters. The third-order valence-electron chi connectivity index (χ3n) is 4.67. The zero-order valence-electron chi connectivity index (χ0n) is 14.5. The van der Waals surface area contributed by atoms with Crippen LogP contribution in [-0.4, -0.2) is 45.5 Å². The summed E-state index contributed by atoms with van der Waals surface area (Å²) in [7, 11) is 1.90. The molecule has 0 radical (unpaired) electrons. The molecule has 1 aliphatic heterocycles. The molecule has 2 heterocycles. The Hall–Kier alpha value is -2.34. The van der Waals surface area contributed by atoms with Gasteiger partial charge in [0.2, 0.25) is 0 Å². The summed E-state index contributed by atoms with van der Waals surface area (Å²) in [5.74, 6) is -0.164. The van der Waals surface area contributed by atoms with Crippen molar-refractivity contribution in [2.24, 2.45) is 7.05 Å². The molecule has 0 bridgehead atoms. The number of phenolic OH excluding ortho intramolecular Hbond substituents is 1. The van der Waals surface area contributed by atoms with Gasteiger partial charge in [-0.15, -0.1) is 0 Å². The monoisotopic (exact) mass is 329 g/mol. The first-order valence-corrected chi connectivity index (χ1v) is 8.08. The van der Waals surface area contributed by atoms with Crippen LogP contribution in [0.3, 0.4) is 0 Å². The van der Waals surface area contributed by atoms with Crippen LogP contribution in [0.5, 0.6) is 5.75 Å². The highest BCUT2D eigenvalue weighted by molar-refractivity contribution is 5.97. The molecule has 2 aromatic rings. The third kappa shape index (κ3) is 2.78. The van der Waals surface area contributed by atoms with Gasteiger partial charge in [-0.3, -0.25) is 9.48 Å². The average molecular weight is 329 g/mol. The van der Waals surface area contributed by atoms with Gasteiger partial charge in [-0.1, -0.05) is 11.6 Å². The molecule has 0 spiro atoms. The third-order valence-corrected chi connectivity index (χ3v) is 4.67. The summed E-state index contributed by atoms with van der Waals surface area (Å²) in [6.07, 6.45) is 0. The van der Waals surface area contributed by atoms with E-state index >= 15 is 0 Å². The molecule has 1 unspecified atom stereocenters. The molecule has 0 aliphatic carbocycles. The van der Waals surface area contributed by atoms with Gasteiger partial charge in [0.05, 0.1) is 30.5 Å². The highest BCUT2D eigenvalue weighted by Crippen LogP contribution is 2.32. The van der Waals surface area contributed by atoms with Gasteiger partial charge < -0.3 is 14.7 Å².